The molecule has 2 aromatic carbocycles. The highest BCUT2D eigenvalue weighted by Crippen LogP contribution is 2.31. The van der Waals surface area contributed by atoms with E-state index in [1.54, 1.807) is 31.2 Å². The molecule has 2 aliphatic heterocycles. The number of fused-ring (bicyclic) bond motifs is 1. The molecule has 2 heterocycles. The number of carbonyl (C=O) groups excluding carboxylic acids is 1. The van der Waals surface area contributed by atoms with E-state index >= 15 is 0 Å². The molecule has 38 heavy (non-hydrogen) atoms. The number of hydrazone groups is 1. The lowest BCUT2D eigenvalue weighted by Gasteiger charge is -2.32. The van der Waals surface area contributed by atoms with E-state index in [1.807, 2.05) is 19.9 Å². The zero-order valence-corrected chi connectivity index (χ0v) is 22.6. The molecule has 7 nitrogen and oxygen atoms in total. The molecule has 0 aromatic heterocycles. The van der Waals surface area contributed by atoms with Crippen LogP contribution in [0.2, 0.25) is 0 Å². The molecule has 4 rings (SSSR count). The zero-order chi connectivity index (χ0) is 27.4. The normalized spacial score (nSPS) is 18.4. The number of carbonyl (C=O) groups is 1. The number of hydrogen-bond donors (Lipinski definition) is 0. The predicted octanol–water partition coefficient (Wildman–Crippen LogP) is 5.38. The molecule has 1 amide bonds. The van der Waals surface area contributed by atoms with Gasteiger partial charge in [0, 0.05) is 43.3 Å². The second-order valence-electron chi connectivity index (χ2n) is 9.50. The van der Waals surface area contributed by atoms with Crippen molar-refractivity contribution in [2.24, 2.45) is 10.1 Å². The van der Waals surface area contributed by atoms with Crippen LogP contribution in [0.4, 0.5) is 8.78 Å². The molecule has 202 valence electrons. The summed E-state index contributed by atoms with van der Waals surface area (Å²) in [6.07, 6.45) is 3.17. The van der Waals surface area contributed by atoms with E-state index in [0.717, 1.165) is 6.07 Å². The second-order valence-corrected chi connectivity index (χ2v) is 11.4. The maximum absolute atomic E-state index is 14.6. The number of benzene rings is 2. The lowest BCUT2D eigenvalue weighted by molar-refractivity contribution is -0.132. The number of hydrogen-bond acceptors (Lipinski definition) is 5. The summed E-state index contributed by atoms with van der Waals surface area (Å²) in [6, 6.07) is 9.85. The molecule has 10 heteroatoms. The summed E-state index contributed by atoms with van der Waals surface area (Å²) in [4.78, 5) is 18.1. The van der Waals surface area contributed by atoms with E-state index < -0.39 is 27.8 Å². The lowest BCUT2D eigenvalue weighted by Crippen LogP contribution is -2.42. The Hall–Kier alpha value is -3.24. The second kappa shape index (κ2) is 11.7. The van der Waals surface area contributed by atoms with Crippen LogP contribution in [0.5, 0.6) is 0 Å². The Morgan fingerprint density at radius 1 is 1.05 bits per heavy atom. The Kier molecular flexibility index (Phi) is 8.52. The van der Waals surface area contributed by atoms with Crippen LogP contribution in [0, 0.1) is 11.6 Å². The smallest absolute Gasteiger partial charge is 0.250 e. The summed E-state index contributed by atoms with van der Waals surface area (Å²) in [7, 11) is -3.63. The van der Waals surface area contributed by atoms with Crippen molar-refractivity contribution in [1.29, 1.82) is 0 Å². The first-order valence-electron chi connectivity index (χ1n) is 12.8. The first-order chi connectivity index (χ1) is 18.1. The van der Waals surface area contributed by atoms with Gasteiger partial charge in [-0.1, -0.05) is 32.1 Å². The van der Waals surface area contributed by atoms with E-state index in [1.165, 1.54) is 21.4 Å². The van der Waals surface area contributed by atoms with E-state index in [4.69, 9.17) is 4.99 Å². The fraction of sp³-hybridized carbons (Fsp3) is 0.393. The third-order valence-corrected chi connectivity index (χ3v) is 8.45. The van der Waals surface area contributed by atoms with Crippen molar-refractivity contribution in [2.45, 2.75) is 63.9 Å². The average molecular weight is 543 g/mol. The van der Waals surface area contributed by atoms with Gasteiger partial charge in [-0.2, -0.15) is 9.41 Å². The summed E-state index contributed by atoms with van der Waals surface area (Å²) in [5.41, 5.74) is 2.68. The van der Waals surface area contributed by atoms with Gasteiger partial charge in [0.25, 0.3) is 5.91 Å². The number of sulfonamides is 1. The van der Waals surface area contributed by atoms with Crippen LogP contribution in [0.1, 0.15) is 64.0 Å². The molecular weight excluding hydrogens is 510 g/mol. The van der Waals surface area contributed by atoms with Gasteiger partial charge in [-0.15, -0.1) is 0 Å². The van der Waals surface area contributed by atoms with Gasteiger partial charge in [-0.3, -0.25) is 9.79 Å². The van der Waals surface area contributed by atoms with Crippen molar-refractivity contribution in [3.8, 4) is 0 Å². The summed E-state index contributed by atoms with van der Waals surface area (Å²) >= 11 is 0. The highest BCUT2D eigenvalue weighted by atomic mass is 32.2. The number of allylic oxidation sites excluding steroid dienone is 1. The molecular formula is C28H32F2N4O3S. The van der Waals surface area contributed by atoms with E-state index in [2.05, 4.69) is 5.10 Å². The van der Waals surface area contributed by atoms with Crippen molar-refractivity contribution in [2.75, 3.05) is 13.1 Å². The quantitative estimate of drug-likeness (QED) is 0.449. The molecule has 1 unspecified atom stereocenters. The molecule has 2 aliphatic rings. The maximum atomic E-state index is 14.6. The van der Waals surface area contributed by atoms with Crippen LogP contribution in [-0.2, 0) is 14.8 Å². The Morgan fingerprint density at radius 3 is 2.37 bits per heavy atom. The minimum Gasteiger partial charge on any atom is -0.272 e. The Balaban J connectivity index is 1.66. The number of halogens is 2. The monoisotopic (exact) mass is 542 g/mol. The predicted molar refractivity (Wildman–Crippen MR) is 144 cm³/mol. The number of amides is 1. The Morgan fingerprint density at radius 2 is 1.74 bits per heavy atom. The third kappa shape index (κ3) is 5.91. The standard InChI is InChI=1S/C28H32F2N4O3S/c1-4-14-33(15-5-2)38(36,37)23-11-8-20(9-12-23)26-18-28(35)34-27(31-26)16-21(7-6-19(3)32-34)24-13-10-22(29)17-25(24)30/h7-13,17,27H,4-6,14-16,18H2,1-3H3. The molecule has 0 saturated heterocycles. The van der Waals surface area contributed by atoms with Crippen molar-refractivity contribution in [1.82, 2.24) is 9.31 Å². The van der Waals surface area contributed by atoms with Gasteiger partial charge in [0.15, 0.2) is 0 Å². The van der Waals surface area contributed by atoms with E-state index in [9.17, 15) is 22.0 Å². The van der Waals surface area contributed by atoms with Crippen molar-refractivity contribution in [3.05, 3.63) is 71.3 Å². The zero-order valence-electron chi connectivity index (χ0n) is 21.8. The summed E-state index contributed by atoms with van der Waals surface area (Å²) in [5.74, 6) is -1.60. The number of aliphatic imine (C=N–C) groups is 1. The Labute approximate surface area is 222 Å². The topological polar surface area (TPSA) is 82.4 Å². The molecule has 0 radical (unpaired) electrons. The number of rotatable bonds is 8. The highest BCUT2D eigenvalue weighted by Gasteiger charge is 2.33. The fourth-order valence-corrected chi connectivity index (χ4v) is 6.29. The van der Waals surface area contributed by atoms with Crippen LogP contribution in [0.3, 0.4) is 0 Å². The van der Waals surface area contributed by atoms with Crippen LogP contribution >= 0.6 is 0 Å². The maximum Gasteiger partial charge on any atom is 0.250 e. The summed E-state index contributed by atoms with van der Waals surface area (Å²) < 4.78 is 55.9. The van der Waals surface area contributed by atoms with Gasteiger partial charge in [-0.25, -0.2) is 22.2 Å². The minimum absolute atomic E-state index is 0.00112. The van der Waals surface area contributed by atoms with E-state index in [0.29, 0.717) is 54.9 Å². The van der Waals surface area contributed by atoms with Crippen LogP contribution < -0.4 is 0 Å². The lowest BCUT2D eigenvalue weighted by atomic mass is 9.96. The van der Waals surface area contributed by atoms with Crippen molar-refractivity contribution >= 4 is 32.9 Å². The van der Waals surface area contributed by atoms with Crippen molar-refractivity contribution in [3.63, 3.8) is 0 Å². The molecule has 0 N–H and O–H groups in total. The van der Waals surface area contributed by atoms with Gasteiger partial charge in [0.05, 0.1) is 17.0 Å². The number of nitrogens with zero attached hydrogens (tertiary/aromatic N) is 4. The van der Waals surface area contributed by atoms with Gasteiger partial charge in [-0.05, 0) is 55.2 Å². The van der Waals surface area contributed by atoms with Crippen LogP contribution in [0.15, 0.2) is 63.5 Å². The molecule has 0 bridgehead atoms. The minimum atomic E-state index is -3.63. The first kappa shape index (κ1) is 27.8. The molecule has 0 saturated carbocycles. The van der Waals surface area contributed by atoms with Gasteiger partial charge >= 0.3 is 0 Å². The average Bonchev–Trinajstić information content (AvgIpc) is 2.87. The van der Waals surface area contributed by atoms with Gasteiger partial charge in [0.1, 0.15) is 17.8 Å². The summed E-state index contributed by atoms with van der Waals surface area (Å²) in [5, 5.41) is 5.78. The molecule has 2 aromatic rings. The molecule has 0 spiro atoms. The van der Waals surface area contributed by atoms with Crippen LogP contribution in [-0.4, -0.2) is 54.3 Å². The van der Waals surface area contributed by atoms with Gasteiger partial charge < -0.3 is 0 Å². The molecule has 1 atom stereocenters. The van der Waals surface area contributed by atoms with E-state index in [-0.39, 0.29) is 29.2 Å². The molecule has 0 aliphatic carbocycles. The van der Waals surface area contributed by atoms with Crippen molar-refractivity contribution < 1.29 is 22.0 Å². The first-order valence-corrected chi connectivity index (χ1v) is 14.3. The van der Waals surface area contributed by atoms with Crippen LogP contribution in [0.25, 0.3) is 5.57 Å². The Bertz CT molecular complexity index is 1400. The highest BCUT2D eigenvalue weighted by molar-refractivity contribution is 7.89. The molecule has 0 fully saturated rings. The fourth-order valence-electron chi connectivity index (χ4n) is 4.67. The SMILES string of the molecule is CCCN(CCC)S(=O)(=O)c1ccc(C2=NC3CC(c4ccc(F)cc4F)=CCC(C)=NN3C(=O)C2)cc1. The third-order valence-electron chi connectivity index (χ3n) is 6.53. The van der Waals surface area contributed by atoms with Gasteiger partial charge in [0.2, 0.25) is 10.0 Å². The largest absolute Gasteiger partial charge is 0.272 e. The summed E-state index contributed by atoms with van der Waals surface area (Å²) in [6.45, 7) is 6.55.